The quantitative estimate of drug-likeness (QED) is 0.0129. The zero-order valence-corrected chi connectivity index (χ0v) is 59.8. The van der Waals surface area contributed by atoms with Gasteiger partial charge in [0.1, 0.15) is 100 Å². The molecule has 2 saturated heterocycles. The van der Waals surface area contributed by atoms with Crippen LogP contribution in [0.4, 0.5) is 16.3 Å². The Hall–Kier alpha value is -8.61. The number of hydrogen-bond donors (Lipinski definition) is 21. The highest BCUT2D eigenvalue weighted by Gasteiger charge is 2.54. The van der Waals surface area contributed by atoms with E-state index in [2.05, 4.69) is 67.1 Å². The van der Waals surface area contributed by atoms with Crippen LogP contribution in [-0.4, -0.2) is 273 Å². The van der Waals surface area contributed by atoms with Gasteiger partial charge in [0.2, 0.25) is 29.5 Å². The minimum atomic E-state index is -2.21. The lowest BCUT2D eigenvalue weighted by molar-refractivity contribution is -0.372. The maximum absolute atomic E-state index is 15.2. The van der Waals surface area contributed by atoms with Crippen LogP contribution in [0.3, 0.4) is 0 Å². The number of primary amides is 3. The van der Waals surface area contributed by atoms with E-state index in [0.29, 0.717) is 34.4 Å². The highest BCUT2D eigenvalue weighted by molar-refractivity contribution is 7.96. The van der Waals surface area contributed by atoms with E-state index in [1.165, 1.54) is 50.4 Å². The van der Waals surface area contributed by atoms with Crippen LogP contribution < -0.4 is 65.9 Å². The van der Waals surface area contributed by atoms with Crippen LogP contribution in [0.1, 0.15) is 88.8 Å². The number of benzene rings is 1. The molecule has 0 saturated carbocycles. The van der Waals surface area contributed by atoms with E-state index >= 15 is 4.79 Å². The van der Waals surface area contributed by atoms with Crippen LogP contribution in [0.2, 0.25) is 0 Å². The van der Waals surface area contributed by atoms with Crippen molar-refractivity contribution in [1.82, 2.24) is 61.8 Å². The molecule has 2 fully saturated rings. The molecule has 2 aliphatic rings. The fourth-order valence-corrected chi connectivity index (χ4v) is 13.7. The van der Waals surface area contributed by atoms with E-state index in [1.807, 2.05) is 36.6 Å². The minimum absolute atomic E-state index is 0.0328. The zero-order valence-electron chi connectivity index (χ0n) is 57.4. The Bertz CT molecular complexity index is 3750. The van der Waals surface area contributed by atoms with Gasteiger partial charge in [-0.2, -0.15) is 0 Å². The summed E-state index contributed by atoms with van der Waals surface area (Å²) in [6, 6.07) is 1.24. The van der Waals surface area contributed by atoms with Crippen LogP contribution in [0.25, 0.3) is 10.7 Å². The van der Waals surface area contributed by atoms with Crippen LogP contribution in [0.5, 0.6) is 0 Å². The predicted octanol–water partition coefficient (Wildman–Crippen LogP) is -6.69. The number of aliphatic hydroxyl groups is 8. The van der Waals surface area contributed by atoms with Gasteiger partial charge in [0.15, 0.2) is 24.4 Å². The van der Waals surface area contributed by atoms with E-state index in [-0.39, 0.29) is 70.8 Å². The average molecular weight is 1530 g/mol. The first-order chi connectivity index (χ1) is 49.8. The van der Waals surface area contributed by atoms with Crippen molar-refractivity contribution >= 4 is 98.4 Å². The summed E-state index contributed by atoms with van der Waals surface area (Å²) >= 11 is 2.46. The molecule has 7 rings (SSSR count). The van der Waals surface area contributed by atoms with Gasteiger partial charge >= 0.3 is 6.09 Å². The summed E-state index contributed by atoms with van der Waals surface area (Å²) in [5.74, 6) is -7.85. The number of anilines is 2. The maximum atomic E-state index is 15.2. The molecule has 43 heteroatoms. The first-order valence-electron chi connectivity index (χ1n) is 32.7. The monoisotopic (exact) mass is 1530 g/mol. The molecule has 26 N–H and O–H groups in total. The molecular formula is C62H89N18O22S3+. The van der Waals surface area contributed by atoms with Crippen LogP contribution in [0, 0.1) is 12.8 Å². The second kappa shape index (κ2) is 39.1. The molecule has 0 spiro atoms. The van der Waals surface area contributed by atoms with Crippen molar-refractivity contribution in [2.24, 2.45) is 28.9 Å². The smallest absolute Gasteiger partial charge is 0.404 e. The second-order valence-electron chi connectivity index (χ2n) is 24.7. The number of ether oxygens (including phenoxy) is 5. The third kappa shape index (κ3) is 23.0. The van der Waals surface area contributed by atoms with Gasteiger partial charge in [0, 0.05) is 60.9 Å². The SMILES string of the molecule is Cc1c(N)nc(C(CC(N)=O)NCC(N)C(N)=O)nc1C(=O)NC(C(=O)NC(C)C(O)C(C)C(=O)NC(C(=O)NCCc1nc(-c2nc(C(=O)NCCC[S+](C)CC(=O)Nc3ccccc3)cs2)cs1)C(C)O)C(O[C@@H]1O[C@@H](CO)[C@@H](O)[C@@H](O)[C@@H]1O[C@H]1O[C@H](CO)[C@@H](O)[C@@H](OC(N)=O)[C@@H]1O)c1cnc[nH]1. The molecule has 0 radical (unpaired) electrons. The number of amides is 9. The number of hydrogen-bond acceptors (Lipinski definition) is 32. The summed E-state index contributed by atoms with van der Waals surface area (Å²) in [6.07, 6.45) is -22.6. The number of imidazole rings is 1. The summed E-state index contributed by atoms with van der Waals surface area (Å²) in [5, 5.41) is 111. The van der Waals surface area contributed by atoms with Gasteiger partial charge in [-0.25, -0.2) is 29.7 Å². The average Bonchev–Trinajstić information content (AvgIpc) is 1.68. The van der Waals surface area contributed by atoms with Crippen LogP contribution in [0.15, 0.2) is 53.6 Å². The van der Waals surface area contributed by atoms with Crippen molar-refractivity contribution in [3.05, 3.63) is 87.1 Å². The molecule has 0 bridgehead atoms. The number of para-hydroxylation sites is 1. The van der Waals surface area contributed by atoms with E-state index in [0.717, 1.165) is 24.0 Å². The van der Waals surface area contributed by atoms with Crippen LogP contribution in [-0.2, 0) is 69.8 Å². The molecule has 10 unspecified atom stereocenters. The Balaban J connectivity index is 1.06. The number of H-pyrrole nitrogens is 1. The molecule has 1 aromatic carbocycles. The molecule has 40 nitrogen and oxygen atoms in total. The molecule has 4 aromatic heterocycles. The van der Waals surface area contributed by atoms with Crippen molar-refractivity contribution in [1.29, 1.82) is 0 Å². The number of aromatic amines is 1. The van der Waals surface area contributed by atoms with Gasteiger partial charge in [-0.05, 0) is 43.8 Å². The predicted molar refractivity (Wildman–Crippen MR) is 373 cm³/mol. The van der Waals surface area contributed by atoms with E-state index in [4.69, 9.17) is 52.4 Å². The minimum Gasteiger partial charge on any atom is -0.441 e. The number of rotatable bonds is 38. The van der Waals surface area contributed by atoms with Gasteiger partial charge in [-0.1, -0.05) is 25.1 Å². The summed E-state index contributed by atoms with van der Waals surface area (Å²) in [4.78, 5) is 144. The molecular weight excluding hydrogens is 1440 g/mol. The van der Waals surface area contributed by atoms with Gasteiger partial charge in [-0.3, -0.25) is 38.4 Å². The number of nitrogens with one attached hydrogen (secondary N) is 8. The molecule has 6 heterocycles. The number of nitrogens with two attached hydrogens (primary N) is 5. The molecule has 5 aromatic rings. The lowest BCUT2D eigenvalue weighted by Gasteiger charge is -2.47. The van der Waals surface area contributed by atoms with Gasteiger partial charge in [0.25, 0.3) is 17.7 Å². The molecule has 20 atom stereocenters. The number of aromatic nitrogens is 6. The molecule has 9 amide bonds. The topological polar surface area (TPSA) is 656 Å². The van der Waals surface area contributed by atoms with Crippen molar-refractivity contribution in [3.63, 3.8) is 0 Å². The Morgan fingerprint density at radius 1 is 0.771 bits per heavy atom. The normalized spacial score (nSPS) is 23.1. The lowest BCUT2D eigenvalue weighted by atomic mass is 9.96. The Kier molecular flexibility index (Phi) is 31.2. The lowest BCUT2D eigenvalue weighted by Crippen LogP contribution is -2.65. The van der Waals surface area contributed by atoms with E-state index in [9.17, 15) is 79.2 Å². The summed E-state index contributed by atoms with van der Waals surface area (Å²) < 4.78 is 28.8. The summed E-state index contributed by atoms with van der Waals surface area (Å²) in [6.45, 7) is 2.96. The number of nitrogen functional groups attached to an aromatic ring is 1. The first kappa shape index (κ1) is 83.7. The molecule has 576 valence electrons. The number of nitrogens with zero attached hydrogens (tertiary/aromatic N) is 5. The second-order valence-corrected chi connectivity index (χ2v) is 28.7. The Morgan fingerprint density at radius 3 is 2.11 bits per heavy atom. The van der Waals surface area contributed by atoms with Gasteiger partial charge in [0.05, 0.1) is 78.9 Å². The van der Waals surface area contributed by atoms with Crippen molar-refractivity contribution in [2.75, 3.05) is 61.7 Å². The van der Waals surface area contributed by atoms with Crippen molar-refractivity contribution < 1.29 is 108 Å². The third-order valence-corrected chi connectivity index (χ3v) is 20.2. The third-order valence-electron chi connectivity index (χ3n) is 16.7. The van der Waals surface area contributed by atoms with Crippen molar-refractivity contribution in [3.8, 4) is 10.7 Å². The highest BCUT2D eigenvalue weighted by Crippen LogP contribution is 2.35. The summed E-state index contributed by atoms with van der Waals surface area (Å²) in [7, 11) is -0.216. The van der Waals surface area contributed by atoms with Gasteiger partial charge < -0.3 is 135 Å². The molecule has 105 heavy (non-hydrogen) atoms. The first-order valence-corrected chi connectivity index (χ1v) is 36.4. The maximum Gasteiger partial charge on any atom is 0.404 e. The fourth-order valence-electron chi connectivity index (χ4n) is 10.8. The number of carbonyl (C=O) groups is 9. The number of aliphatic hydroxyl groups excluding tert-OH is 8. The fraction of sp³-hybridized carbons (Fsp3) is 0.548. The zero-order chi connectivity index (χ0) is 77.1. The highest BCUT2D eigenvalue weighted by atomic mass is 32.2. The van der Waals surface area contributed by atoms with E-state index < -0.39 is 183 Å². The largest absolute Gasteiger partial charge is 0.441 e. The number of carbonyl (C=O) groups excluding carboxylic acids is 9. The standard InChI is InChI=1S/C62H88N18O22S3/c1-25-40(77-53(80-51(25)65)31(16-37(64)84)71-17-30(63)52(66)91)57(95)79-42(48(32-18-68-24-72-32)100-61-50(46(89)44(87)35(19-81)99-61)101-60-47(90)49(102-62(67)97)45(88)36(20-82)98-60)58(96)73-27(3)43(86)26(2)54(92)78-41(28(4)83)56(94)70-14-12-39-75-34(22-103-39)59-76-33(21-104-59)55(93)69-13-9-15-105(5)23-38(85)74-29-10-7-6-8-11-29/h6-8,10-11,18,21-22,24,26-28,30-31,35-36,41-50,60-61,71,81-83,86-90H,9,12-17,19-20,23,63H2,1-5H3,(H14-,64,65,66,67,68,69,70,72,73,74,77,78,79,80,84,85,91,92,93,94,95,96,97)/p+1/t26?,27?,28?,30?,31?,35-,36+,41?,42?,43?,44+,45+,46+,47-,48?,49+,50-,60+,61-,105?/m0/s1. The van der Waals surface area contributed by atoms with Crippen molar-refractivity contribution in [2.45, 2.75) is 157 Å². The molecule has 2 aliphatic heterocycles. The Morgan fingerprint density at radius 2 is 1.47 bits per heavy atom. The Labute approximate surface area is 610 Å². The number of thiazole rings is 2. The summed E-state index contributed by atoms with van der Waals surface area (Å²) in [5.41, 5.74) is 28.7. The van der Waals surface area contributed by atoms with Crippen LogP contribution >= 0.6 is 22.7 Å². The van der Waals surface area contributed by atoms with Gasteiger partial charge in [-0.15, -0.1) is 22.7 Å². The molecule has 0 aliphatic carbocycles. The van der Waals surface area contributed by atoms with E-state index in [1.54, 1.807) is 10.8 Å².